The van der Waals surface area contributed by atoms with E-state index >= 15 is 0 Å². The summed E-state index contributed by atoms with van der Waals surface area (Å²) >= 11 is 5.79. The molecule has 0 aliphatic rings. The summed E-state index contributed by atoms with van der Waals surface area (Å²) in [6.45, 7) is 4.19. The number of nitrogens with zero attached hydrogens (tertiary/aromatic N) is 3. The molecule has 0 amide bonds. The zero-order valence-electron chi connectivity index (χ0n) is 12.3. The fourth-order valence-corrected chi connectivity index (χ4v) is 2.79. The molecule has 2 heterocycles. The van der Waals surface area contributed by atoms with Gasteiger partial charge in [0, 0.05) is 24.2 Å². The molecule has 0 radical (unpaired) electrons. The van der Waals surface area contributed by atoms with Gasteiger partial charge in [0.2, 0.25) is 0 Å². The largest absolute Gasteiger partial charge is 0.281 e. The van der Waals surface area contributed by atoms with E-state index in [1.54, 1.807) is 0 Å². The van der Waals surface area contributed by atoms with Crippen molar-refractivity contribution in [2.75, 3.05) is 5.88 Å². The lowest BCUT2D eigenvalue weighted by atomic mass is 10.1. The molecule has 0 fully saturated rings. The van der Waals surface area contributed by atoms with Gasteiger partial charge in [-0.1, -0.05) is 19.1 Å². The van der Waals surface area contributed by atoms with Crippen molar-refractivity contribution in [3.8, 4) is 5.69 Å². The summed E-state index contributed by atoms with van der Waals surface area (Å²) < 4.78 is 2.15. The fourth-order valence-electron chi connectivity index (χ4n) is 2.57. The van der Waals surface area contributed by atoms with Gasteiger partial charge in [-0.05, 0) is 42.7 Å². The Bertz CT molecular complexity index is 760. The molecule has 3 nitrogen and oxygen atoms in total. The maximum atomic E-state index is 5.79. The molecule has 3 aromatic rings. The summed E-state index contributed by atoms with van der Waals surface area (Å²) in [5, 5.41) is 0. The lowest BCUT2D eigenvalue weighted by molar-refractivity contribution is 0.900. The van der Waals surface area contributed by atoms with Crippen LogP contribution in [0, 0.1) is 6.92 Å². The number of halogens is 1. The number of aryl methyl sites for hydroxylation is 3. The number of imidazole rings is 1. The molecule has 0 bridgehead atoms. The van der Waals surface area contributed by atoms with Crippen molar-refractivity contribution in [2.45, 2.75) is 26.7 Å². The maximum absolute atomic E-state index is 5.79. The molecule has 0 aliphatic carbocycles. The van der Waals surface area contributed by atoms with Crippen molar-refractivity contribution in [2.24, 2.45) is 0 Å². The van der Waals surface area contributed by atoms with E-state index in [4.69, 9.17) is 16.6 Å². The van der Waals surface area contributed by atoms with Crippen molar-refractivity contribution in [3.63, 3.8) is 0 Å². The Kier molecular flexibility index (Phi) is 3.93. The molecule has 3 rings (SSSR count). The summed E-state index contributed by atoms with van der Waals surface area (Å²) in [4.78, 5) is 9.27. The third kappa shape index (κ3) is 2.54. The first-order valence-electron chi connectivity index (χ1n) is 7.22. The third-order valence-electron chi connectivity index (χ3n) is 3.71. The zero-order chi connectivity index (χ0) is 14.8. The smallest absolute Gasteiger partial charge is 0.164 e. The van der Waals surface area contributed by atoms with Crippen LogP contribution >= 0.6 is 11.6 Å². The van der Waals surface area contributed by atoms with Crippen molar-refractivity contribution in [3.05, 3.63) is 53.5 Å². The van der Waals surface area contributed by atoms with Crippen LogP contribution in [0.15, 0.2) is 36.5 Å². The van der Waals surface area contributed by atoms with Crippen LogP contribution < -0.4 is 0 Å². The molecule has 0 atom stereocenters. The molecule has 0 saturated carbocycles. The van der Waals surface area contributed by atoms with Crippen molar-refractivity contribution in [1.29, 1.82) is 0 Å². The first kappa shape index (κ1) is 14.1. The average Bonchev–Trinajstić information content (AvgIpc) is 2.88. The Morgan fingerprint density at radius 2 is 1.90 bits per heavy atom. The quantitative estimate of drug-likeness (QED) is 0.680. The minimum absolute atomic E-state index is 0.647. The van der Waals surface area contributed by atoms with Crippen molar-refractivity contribution >= 4 is 22.8 Å². The molecule has 21 heavy (non-hydrogen) atoms. The standard InChI is InChI=1S/C17H18ClN3/c1-3-15-20-16-12(2)9-11-19-17(16)21(15)14-6-4-13(5-7-14)8-10-18/h4-7,9,11H,3,8,10H2,1-2H3. The van der Waals surface area contributed by atoms with Gasteiger partial charge < -0.3 is 0 Å². The average molecular weight is 300 g/mol. The number of fused-ring (bicyclic) bond motifs is 1. The van der Waals surface area contributed by atoms with E-state index in [0.29, 0.717) is 5.88 Å². The zero-order valence-corrected chi connectivity index (χ0v) is 13.1. The highest BCUT2D eigenvalue weighted by Gasteiger charge is 2.13. The Morgan fingerprint density at radius 3 is 2.57 bits per heavy atom. The Balaban J connectivity index is 2.16. The molecular weight excluding hydrogens is 282 g/mol. The number of pyridine rings is 1. The molecule has 4 heteroatoms. The molecule has 1 aromatic carbocycles. The Hall–Kier alpha value is -1.87. The van der Waals surface area contributed by atoms with E-state index in [-0.39, 0.29) is 0 Å². The van der Waals surface area contributed by atoms with E-state index in [1.807, 2.05) is 12.3 Å². The predicted octanol–water partition coefficient (Wildman–Crippen LogP) is 4.07. The van der Waals surface area contributed by atoms with Gasteiger partial charge in [-0.25, -0.2) is 9.97 Å². The van der Waals surface area contributed by atoms with Crippen LogP contribution in [0.1, 0.15) is 23.9 Å². The number of hydrogen-bond acceptors (Lipinski definition) is 2. The topological polar surface area (TPSA) is 30.7 Å². The molecule has 0 spiro atoms. The molecule has 108 valence electrons. The lowest BCUT2D eigenvalue weighted by Crippen LogP contribution is -2.01. The number of benzene rings is 1. The molecule has 0 N–H and O–H groups in total. The molecular formula is C17H18ClN3. The van der Waals surface area contributed by atoms with Crippen LogP contribution in [0.3, 0.4) is 0 Å². The Morgan fingerprint density at radius 1 is 1.14 bits per heavy atom. The van der Waals surface area contributed by atoms with Gasteiger partial charge in [0.1, 0.15) is 11.3 Å². The van der Waals surface area contributed by atoms with Crippen LogP contribution in [0.4, 0.5) is 0 Å². The van der Waals surface area contributed by atoms with Gasteiger partial charge in [0.05, 0.1) is 0 Å². The van der Waals surface area contributed by atoms with Gasteiger partial charge in [-0.3, -0.25) is 4.57 Å². The highest BCUT2D eigenvalue weighted by atomic mass is 35.5. The number of alkyl halides is 1. The van der Waals surface area contributed by atoms with Gasteiger partial charge in [-0.2, -0.15) is 0 Å². The fraction of sp³-hybridized carbons (Fsp3) is 0.294. The van der Waals surface area contributed by atoms with E-state index in [9.17, 15) is 0 Å². The monoisotopic (exact) mass is 299 g/mol. The van der Waals surface area contributed by atoms with E-state index < -0.39 is 0 Å². The normalized spacial score (nSPS) is 11.2. The minimum atomic E-state index is 0.647. The van der Waals surface area contributed by atoms with Crippen LogP contribution in [-0.2, 0) is 12.8 Å². The maximum Gasteiger partial charge on any atom is 0.164 e. The lowest BCUT2D eigenvalue weighted by Gasteiger charge is -2.08. The van der Waals surface area contributed by atoms with Crippen LogP contribution in [0.5, 0.6) is 0 Å². The summed E-state index contributed by atoms with van der Waals surface area (Å²) in [5.74, 6) is 1.69. The molecule has 2 aromatic heterocycles. The summed E-state index contributed by atoms with van der Waals surface area (Å²) in [7, 11) is 0. The number of hydrogen-bond donors (Lipinski definition) is 0. The molecule has 0 unspecified atom stereocenters. The van der Waals surface area contributed by atoms with Gasteiger partial charge in [0.15, 0.2) is 5.65 Å². The van der Waals surface area contributed by atoms with E-state index in [0.717, 1.165) is 41.1 Å². The summed E-state index contributed by atoms with van der Waals surface area (Å²) in [5.41, 5.74) is 5.43. The van der Waals surface area contributed by atoms with E-state index in [1.165, 1.54) is 5.56 Å². The van der Waals surface area contributed by atoms with Crippen LogP contribution in [0.25, 0.3) is 16.9 Å². The summed E-state index contributed by atoms with van der Waals surface area (Å²) in [6, 6.07) is 10.5. The van der Waals surface area contributed by atoms with Crippen molar-refractivity contribution < 1.29 is 0 Å². The third-order valence-corrected chi connectivity index (χ3v) is 3.90. The second-order valence-electron chi connectivity index (χ2n) is 5.12. The van der Waals surface area contributed by atoms with E-state index in [2.05, 4.69) is 47.7 Å². The van der Waals surface area contributed by atoms with Crippen LogP contribution in [0.2, 0.25) is 0 Å². The molecule has 0 aliphatic heterocycles. The highest BCUT2D eigenvalue weighted by molar-refractivity contribution is 6.17. The first-order valence-corrected chi connectivity index (χ1v) is 7.76. The SMILES string of the molecule is CCc1nc2c(C)ccnc2n1-c1ccc(CCCl)cc1. The van der Waals surface area contributed by atoms with Gasteiger partial charge in [0.25, 0.3) is 0 Å². The number of rotatable bonds is 4. The second-order valence-corrected chi connectivity index (χ2v) is 5.50. The highest BCUT2D eigenvalue weighted by Crippen LogP contribution is 2.22. The second kappa shape index (κ2) is 5.86. The van der Waals surface area contributed by atoms with Gasteiger partial charge in [-0.15, -0.1) is 11.6 Å². The van der Waals surface area contributed by atoms with Gasteiger partial charge >= 0.3 is 0 Å². The van der Waals surface area contributed by atoms with Crippen LogP contribution in [-0.4, -0.2) is 20.4 Å². The Labute approximate surface area is 129 Å². The van der Waals surface area contributed by atoms with Crippen molar-refractivity contribution in [1.82, 2.24) is 14.5 Å². The molecule has 0 saturated heterocycles. The first-order chi connectivity index (χ1) is 10.2. The summed E-state index contributed by atoms with van der Waals surface area (Å²) in [6.07, 6.45) is 3.61. The predicted molar refractivity (Wildman–Crippen MR) is 87.4 cm³/mol. The number of aromatic nitrogens is 3. The minimum Gasteiger partial charge on any atom is -0.281 e.